The molecule has 0 spiro atoms. The number of phenolic OH excluding ortho intramolecular Hbond substituents is 1. The zero-order valence-corrected chi connectivity index (χ0v) is 15.2. The van der Waals surface area contributed by atoms with Crippen LogP contribution in [0.25, 0.3) is 0 Å². The summed E-state index contributed by atoms with van der Waals surface area (Å²) in [5.74, 6) is 0.0242. The molecular weight excluding hydrogens is 351 g/mol. The highest BCUT2D eigenvalue weighted by molar-refractivity contribution is 6.55. The van der Waals surface area contributed by atoms with E-state index in [9.17, 15) is 9.90 Å². The molecule has 1 saturated carbocycles. The summed E-state index contributed by atoms with van der Waals surface area (Å²) in [5.41, 5.74) is 3.03. The van der Waals surface area contributed by atoms with Gasteiger partial charge in [-0.2, -0.15) is 5.10 Å². The second kappa shape index (κ2) is 7.45. The van der Waals surface area contributed by atoms with Crippen molar-refractivity contribution in [1.29, 1.82) is 0 Å². The molecule has 2 atom stereocenters. The van der Waals surface area contributed by atoms with Gasteiger partial charge in [-0.25, -0.2) is 5.43 Å². The van der Waals surface area contributed by atoms with Crippen LogP contribution in [0, 0.1) is 17.3 Å². The molecule has 1 aliphatic carbocycles. The maximum absolute atomic E-state index is 12.2. The van der Waals surface area contributed by atoms with E-state index in [1.165, 1.54) is 12.3 Å². The minimum absolute atomic E-state index is 0.00377. The van der Waals surface area contributed by atoms with Crippen molar-refractivity contribution in [3.05, 3.63) is 34.3 Å². The highest BCUT2D eigenvalue weighted by Gasteiger charge is 2.60. The van der Waals surface area contributed by atoms with Crippen molar-refractivity contribution >= 4 is 35.3 Å². The number of carbonyl (C=O) groups is 1. The molecule has 1 amide bonds. The van der Waals surface area contributed by atoms with Crippen LogP contribution >= 0.6 is 23.2 Å². The lowest BCUT2D eigenvalue weighted by molar-refractivity contribution is -0.123. The number of halogens is 2. The Morgan fingerprint density at radius 1 is 1.46 bits per heavy atom. The Hall–Kier alpha value is -1.72. The zero-order chi connectivity index (χ0) is 17.9. The van der Waals surface area contributed by atoms with Crippen LogP contribution in [0.15, 0.2) is 33.9 Å². The minimum Gasteiger partial charge on any atom is -0.504 e. The molecule has 1 aromatic rings. The van der Waals surface area contributed by atoms with Crippen molar-refractivity contribution < 1.29 is 14.6 Å². The van der Waals surface area contributed by atoms with Crippen LogP contribution in [0.2, 0.25) is 0 Å². The third-order valence-electron chi connectivity index (χ3n) is 4.17. The van der Waals surface area contributed by atoms with E-state index in [1.807, 2.05) is 20.8 Å². The smallest absolute Gasteiger partial charge is 0.244 e. The first-order chi connectivity index (χ1) is 11.3. The van der Waals surface area contributed by atoms with Crippen molar-refractivity contribution in [2.45, 2.75) is 20.8 Å². The number of hydrogen-bond acceptors (Lipinski definition) is 4. The molecule has 0 radical (unpaired) electrons. The number of rotatable bonds is 6. The van der Waals surface area contributed by atoms with E-state index in [1.54, 1.807) is 18.2 Å². The van der Waals surface area contributed by atoms with Crippen molar-refractivity contribution in [2.75, 3.05) is 6.61 Å². The van der Waals surface area contributed by atoms with Gasteiger partial charge in [0, 0.05) is 0 Å². The van der Waals surface area contributed by atoms with Gasteiger partial charge in [-0.3, -0.25) is 4.79 Å². The summed E-state index contributed by atoms with van der Waals surface area (Å²) in [7, 11) is 0. The predicted molar refractivity (Wildman–Crippen MR) is 95.6 cm³/mol. The summed E-state index contributed by atoms with van der Waals surface area (Å²) in [6.45, 7) is 6.23. The van der Waals surface area contributed by atoms with Gasteiger partial charge in [0.25, 0.3) is 0 Å². The number of nitrogens with one attached hydrogen (secondary N) is 1. The van der Waals surface area contributed by atoms with Crippen LogP contribution in [-0.2, 0) is 4.79 Å². The quantitative estimate of drug-likeness (QED) is 0.590. The van der Waals surface area contributed by atoms with Crippen LogP contribution in [-0.4, -0.2) is 23.8 Å². The third kappa shape index (κ3) is 4.22. The molecule has 0 bridgehead atoms. The highest BCUT2D eigenvalue weighted by Crippen LogP contribution is 2.59. The molecule has 1 fully saturated rings. The zero-order valence-electron chi connectivity index (χ0n) is 13.7. The molecule has 0 unspecified atom stereocenters. The monoisotopic (exact) mass is 370 g/mol. The van der Waals surface area contributed by atoms with Crippen LogP contribution in [0.3, 0.4) is 0 Å². The lowest BCUT2D eigenvalue weighted by Crippen LogP contribution is -2.21. The SMILES string of the molecule is CCOc1cc(C=NNC(=O)[C@@H]2[C@H](C=C(Cl)Cl)C2(C)C)ccc1O. The molecule has 1 aliphatic rings. The van der Waals surface area contributed by atoms with Gasteiger partial charge in [-0.15, -0.1) is 0 Å². The Morgan fingerprint density at radius 2 is 2.17 bits per heavy atom. The molecule has 0 aromatic heterocycles. The van der Waals surface area contributed by atoms with Crippen molar-refractivity contribution in [1.82, 2.24) is 5.43 Å². The van der Waals surface area contributed by atoms with Crippen LogP contribution in [0.5, 0.6) is 11.5 Å². The number of carbonyl (C=O) groups excluding carboxylic acids is 1. The number of aromatic hydroxyl groups is 1. The van der Waals surface area contributed by atoms with Crippen molar-refractivity contribution in [2.24, 2.45) is 22.4 Å². The van der Waals surface area contributed by atoms with Gasteiger partial charge < -0.3 is 9.84 Å². The maximum atomic E-state index is 12.2. The number of hydrogen-bond donors (Lipinski definition) is 2. The van der Waals surface area contributed by atoms with Gasteiger partial charge in [0.15, 0.2) is 11.5 Å². The molecule has 7 heteroatoms. The van der Waals surface area contributed by atoms with E-state index in [0.29, 0.717) is 17.9 Å². The van der Waals surface area contributed by atoms with E-state index >= 15 is 0 Å². The maximum Gasteiger partial charge on any atom is 0.244 e. The first-order valence-electron chi connectivity index (χ1n) is 7.59. The molecule has 24 heavy (non-hydrogen) atoms. The van der Waals surface area contributed by atoms with Crippen LogP contribution < -0.4 is 10.2 Å². The molecular formula is C17H20Cl2N2O3. The number of nitrogens with zero attached hydrogens (tertiary/aromatic N) is 1. The predicted octanol–water partition coefficient (Wildman–Crippen LogP) is 3.83. The van der Waals surface area contributed by atoms with Crippen molar-refractivity contribution in [3.8, 4) is 11.5 Å². The lowest BCUT2D eigenvalue weighted by Gasteiger charge is -2.06. The van der Waals surface area contributed by atoms with Gasteiger partial charge in [0.05, 0.1) is 18.7 Å². The Bertz CT molecular complexity index is 682. The highest BCUT2D eigenvalue weighted by atomic mass is 35.5. The van der Waals surface area contributed by atoms with Crippen LogP contribution in [0.4, 0.5) is 0 Å². The number of phenols is 1. The summed E-state index contributed by atoms with van der Waals surface area (Å²) in [4.78, 5) is 12.2. The summed E-state index contributed by atoms with van der Waals surface area (Å²) >= 11 is 11.4. The Morgan fingerprint density at radius 3 is 2.79 bits per heavy atom. The number of allylic oxidation sites excluding steroid dienone is 1. The fourth-order valence-corrected chi connectivity index (χ4v) is 3.02. The fourth-order valence-electron chi connectivity index (χ4n) is 2.75. The summed E-state index contributed by atoms with van der Waals surface area (Å²) in [6.07, 6.45) is 3.18. The van der Waals surface area contributed by atoms with Crippen LogP contribution in [0.1, 0.15) is 26.3 Å². The topological polar surface area (TPSA) is 70.9 Å². The molecule has 0 aliphatic heterocycles. The Balaban J connectivity index is 1.98. The molecule has 5 nitrogen and oxygen atoms in total. The molecule has 2 N–H and O–H groups in total. The number of benzene rings is 1. The minimum atomic E-state index is -0.221. The average Bonchev–Trinajstić information content (AvgIpc) is 3.02. The Labute approximate surface area is 151 Å². The second-order valence-corrected chi connectivity index (χ2v) is 7.18. The van der Waals surface area contributed by atoms with E-state index in [4.69, 9.17) is 27.9 Å². The summed E-state index contributed by atoms with van der Waals surface area (Å²) in [5, 5.41) is 13.6. The largest absolute Gasteiger partial charge is 0.504 e. The normalized spacial score (nSPS) is 21.4. The lowest BCUT2D eigenvalue weighted by atomic mass is 10.1. The van der Waals surface area contributed by atoms with E-state index in [0.717, 1.165) is 0 Å². The van der Waals surface area contributed by atoms with Gasteiger partial charge in [0.1, 0.15) is 4.49 Å². The Kier molecular flexibility index (Phi) is 5.78. The fraction of sp³-hybridized carbons (Fsp3) is 0.412. The number of amides is 1. The van der Waals surface area contributed by atoms with Crippen molar-refractivity contribution in [3.63, 3.8) is 0 Å². The van der Waals surface area contributed by atoms with Gasteiger partial charge in [-0.05, 0) is 48.1 Å². The first-order valence-corrected chi connectivity index (χ1v) is 8.34. The van der Waals surface area contributed by atoms with E-state index in [2.05, 4.69) is 10.5 Å². The molecule has 0 saturated heterocycles. The number of ether oxygens (including phenoxy) is 1. The molecule has 2 rings (SSSR count). The molecule has 0 heterocycles. The third-order valence-corrected chi connectivity index (χ3v) is 4.42. The van der Waals surface area contributed by atoms with E-state index in [-0.39, 0.29) is 33.4 Å². The summed E-state index contributed by atoms with van der Waals surface area (Å²) < 4.78 is 5.47. The standard InChI is InChI=1S/C17H20Cl2N2O3/c1-4-24-13-7-10(5-6-12(13)22)9-20-21-16(23)15-11(8-14(18)19)17(15,2)3/h5-9,11,15,22H,4H2,1-3H3,(H,21,23)/t11-,15-/m0/s1. The van der Waals surface area contributed by atoms with Gasteiger partial charge in [-0.1, -0.05) is 37.0 Å². The summed E-state index contributed by atoms with van der Waals surface area (Å²) in [6, 6.07) is 4.84. The van der Waals surface area contributed by atoms with Gasteiger partial charge >= 0.3 is 0 Å². The second-order valence-electron chi connectivity index (χ2n) is 6.18. The van der Waals surface area contributed by atoms with Gasteiger partial charge in [0.2, 0.25) is 5.91 Å². The molecule has 1 aromatic carbocycles. The molecule has 130 valence electrons. The number of hydrazone groups is 1. The first kappa shape index (κ1) is 18.6. The van der Waals surface area contributed by atoms with E-state index < -0.39 is 0 Å². The average molecular weight is 371 g/mol.